The third kappa shape index (κ3) is 3.41. The smallest absolute Gasteiger partial charge is 0.225 e. The molecule has 1 aliphatic rings. The fourth-order valence-electron chi connectivity index (χ4n) is 6.05. The van der Waals surface area contributed by atoms with Gasteiger partial charge in [-0.25, -0.2) is 4.57 Å². The molecule has 0 bridgehead atoms. The van der Waals surface area contributed by atoms with Crippen molar-refractivity contribution in [3.8, 4) is 28.2 Å². The Kier molecular flexibility index (Phi) is 5.12. The standard InChI is InChI=1S/C34H31N2S/c1-21(2)29-18-24(25-13-9-14-28-27-12-7-8-15-31(27)37-33(25)28)19-30(22(3)4)32(29)36-17-16-35-20-23-10-5-6-11-26(23)34(35)36/h5-19,21-22H,20H2,1-4H3/q+1. The van der Waals surface area contributed by atoms with E-state index in [-0.39, 0.29) is 0 Å². The second kappa shape index (κ2) is 8.43. The first-order chi connectivity index (χ1) is 18.0. The number of nitrogens with zero attached hydrogens (tertiary/aromatic N) is 2. The van der Waals surface area contributed by atoms with Crippen molar-refractivity contribution in [2.45, 2.75) is 46.1 Å². The third-order valence-electron chi connectivity index (χ3n) is 7.86. The monoisotopic (exact) mass is 499 g/mol. The molecule has 0 saturated heterocycles. The van der Waals surface area contributed by atoms with E-state index in [0.29, 0.717) is 11.8 Å². The van der Waals surface area contributed by atoms with E-state index in [2.05, 4.69) is 128 Å². The van der Waals surface area contributed by atoms with Crippen LogP contribution in [0.2, 0.25) is 0 Å². The van der Waals surface area contributed by atoms with Crippen LogP contribution in [0.1, 0.15) is 56.2 Å². The molecule has 37 heavy (non-hydrogen) atoms. The van der Waals surface area contributed by atoms with Crippen molar-refractivity contribution in [3.05, 3.63) is 108 Å². The van der Waals surface area contributed by atoms with Gasteiger partial charge in [-0.15, -0.1) is 11.3 Å². The summed E-state index contributed by atoms with van der Waals surface area (Å²) in [6.07, 6.45) is 4.51. The molecule has 4 aromatic carbocycles. The maximum absolute atomic E-state index is 2.46. The van der Waals surface area contributed by atoms with E-state index in [4.69, 9.17) is 0 Å². The molecule has 0 spiro atoms. The lowest BCUT2D eigenvalue weighted by Gasteiger charge is -2.20. The van der Waals surface area contributed by atoms with Crippen LogP contribution in [-0.2, 0) is 6.54 Å². The van der Waals surface area contributed by atoms with E-state index in [9.17, 15) is 0 Å². The number of fused-ring (bicyclic) bond motifs is 6. The predicted molar refractivity (Wildman–Crippen MR) is 157 cm³/mol. The van der Waals surface area contributed by atoms with E-state index in [0.717, 1.165) is 6.54 Å². The summed E-state index contributed by atoms with van der Waals surface area (Å²) in [4.78, 5) is 0. The second-order valence-electron chi connectivity index (χ2n) is 10.9. The van der Waals surface area contributed by atoms with Gasteiger partial charge in [-0.05, 0) is 47.2 Å². The predicted octanol–water partition coefficient (Wildman–Crippen LogP) is 9.08. The van der Waals surface area contributed by atoms with Gasteiger partial charge in [0, 0.05) is 36.9 Å². The van der Waals surface area contributed by atoms with E-state index < -0.39 is 0 Å². The summed E-state index contributed by atoms with van der Waals surface area (Å²) in [5, 5.41) is 2.71. The summed E-state index contributed by atoms with van der Waals surface area (Å²) in [5.74, 6) is 2.08. The molecule has 0 fully saturated rings. The first kappa shape index (κ1) is 22.5. The van der Waals surface area contributed by atoms with E-state index in [1.54, 1.807) is 0 Å². The van der Waals surface area contributed by atoms with Gasteiger partial charge in [0.05, 0.1) is 5.56 Å². The molecule has 0 saturated carbocycles. The topological polar surface area (TPSA) is 8.81 Å². The van der Waals surface area contributed by atoms with Crippen LogP contribution >= 0.6 is 11.3 Å². The van der Waals surface area contributed by atoms with Crippen LogP contribution < -0.4 is 4.57 Å². The van der Waals surface area contributed by atoms with Gasteiger partial charge in [-0.1, -0.05) is 82.3 Å². The fourth-order valence-corrected chi connectivity index (χ4v) is 7.29. The number of hydrogen-bond acceptors (Lipinski definition) is 1. The zero-order valence-electron chi connectivity index (χ0n) is 21.8. The summed E-state index contributed by atoms with van der Waals surface area (Å²) in [7, 11) is 0. The Hall–Kier alpha value is -3.69. The van der Waals surface area contributed by atoms with Crippen molar-refractivity contribution in [1.82, 2.24) is 4.57 Å². The van der Waals surface area contributed by atoms with E-state index in [1.807, 2.05) is 11.3 Å². The summed E-state index contributed by atoms with van der Waals surface area (Å²) in [6.45, 7) is 10.3. The maximum Gasteiger partial charge on any atom is 0.294 e. The molecule has 0 radical (unpaired) electrons. The van der Waals surface area contributed by atoms with E-state index in [1.165, 1.54) is 65.1 Å². The number of hydrogen-bond donors (Lipinski definition) is 0. The molecule has 0 unspecified atom stereocenters. The SMILES string of the molecule is CC(C)c1cc(-c2cccc3c2sc2ccccc23)cc(C(C)C)c1-n1cc[n+]2c1-c1ccccc1C2. The average molecular weight is 500 g/mol. The van der Waals surface area contributed by atoms with Gasteiger partial charge < -0.3 is 0 Å². The van der Waals surface area contributed by atoms with Crippen LogP contribution in [0.4, 0.5) is 0 Å². The van der Waals surface area contributed by atoms with Gasteiger partial charge in [0.2, 0.25) is 0 Å². The van der Waals surface area contributed by atoms with Crippen molar-refractivity contribution in [2.75, 3.05) is 0 Å². The molecule has 3 heteroatoms. The van der Waals surface area contributed by atoms with Crippen LogP contribution in [0, 0.1) is 0 Å². The Morgan fingerprint density at radius 2 is 1.43 bits per heavy atom. The number of thiophene rings is 1. The van der Waals surface area contributed by atoms with Crippen LogP contribution in [0.3, 0.4) is 0 Å². The Balaban J connectivity index is 1.50. The minimum absolute atomic E-state index is 0.397. The summed E-state index contributed by atoms with van der Waals surface area (Å²) in [6, 6.07) is 29.4. The zero-order valence-corrected chi connectivity index (χ0v) is 22.6. The Bertz CT molecular complexity index is 1790. The molecule has 6 aromatic rings. The maximum atomic E-state index is 2.46. The van der Waals surface area contributed by atoms with Crippen LogP contribution in [-0.4, -0.2) is 4.57 Å². The normalized spacial score (nSPS) is 12.7. The highest BCUT2D eigenvalue weighted by Gasteiger charge is 2.33. The van der Waals surface area contributed by atoms with Crippen LogP contribution in [0.15, 0.2) is 91.3 Å². The molecule has 3 heterocycles. The van der Waals surface area contributed by atoms with Gasteiger partial charge in [-0.2, -0.15) is 4.57 Å². The molecule has 7 rings (SSSR count). The summed E-state index contributed by atoms with van der Waals surface area (Å²) < 4.78 is 7.59. The van der Waals surface area contributed by atoms with Crippen molar-refractivity contribution >= 4 is 31.5 Å². The Morgan fingerprint density at radius 3 is 2.22 bits per heavy atom. The lowest BCUT2D eigenvalue weighted by molar-refractivity contribution is -0.671. The van der Waals surface area contributed by atoms with Gasteiger partial charge in [0.15, 0.2) is 0 Å². The van der Waals surface area contributed by atoms with Gasteiger partial charge in [0.25, 0.3) is 5.82 Å². The van der Waals surface area contributed by atoms with Gasteiger partial charge >= 0.3 is 0 Å². The molecule has 1 aliphatic heterocycles. The van der Waals surface area contributed by atoms with Crippen LogP contribution in [0.25, 0.3) is 48.4 Å². The lowest BCUT2D eigenvalue weighted by atomic mass is 9.88. The third-order valence-corrected chi connectivity index (χ3v) is 9.08. The average Bonchev–Trinajstić information content (AvgIpc) is 3.59. The molecule has 0 aliphatic carbocycles. The second-order valence-corrected chi connectivity index (χ2v) is 11.9. The first-order valence-electron chi connectivity index (χ1n) is 13.3. The minimum Gasteiger partial charge on any atom is -0.225 e. The number of aromatic nitrogens is 2. The highest BCUT2D eigenvalue weighted by atomic mass is 32.1. The highest BCUT2D eigenvalue weighted by molar-refractivity contribution is 7.26. The molecule has 182 valence electrons. The first-order valence-corrected chi connectivity index (χ1v) is 14.1. The molecule has 0 atom stereocenters. The molecular formula is C34H31N2S+. The molecule has 0 N–H and O–H groups in total. The molecule has 2 nitrogen and oxygen atoms in total. The van der Waals surface area contributed by atoms with E-state index >= 15 is 0 Å². The van der Waals surface area contributed by atoms with Crippen molar-refractivity contribution in [3.63, 3.8) is 0 Å². The number of imidazole rings is 1. The van der Waals surface area contributed by atoms with Crippen molar-refractivity contribution < 1.29 is 4.57 Å². The fraction of sp³-hybridized carbons (Fsp3) is 0.206. The zero-order chi connectivity index (χ0) is 25.3. The largest absolute Gasteiger partial charge is 0.294 e. The summed E-state index contributed by atoms with van der Waals surface area (Å²) in [5.41, 5.74) is 9.57. The van der Waals surface area contributed by atoms with Crippen molar-refractivity contribution in [1.29, 1.82) is 0 Å². The highest BCUT2D eigenvalue weighted by Crippen LogP contribution is 2.43. The quantitative estimate of drug-likeness (QED) is 0.214. The van der Waals surface area contributed by atoms with Crippen LogP contribution in [0.5, 0.6) is 0 Å². The summed E-state index contributed by atoms with van der Waals surface area (Å²) >= 11 is 1.91. The molecule has 2 aromatic heterocycles. The van der Waals surface area contributed by atoms with Crippen molar-refractivity contribution in [2.24, 2.45) is 0 Å². The minimum atomic E-state index is 0.397. The van der Waals surface area contributed by atoms with Gasteiger partial charge in [0.1, 0.15) is 24.6 Å². The molecule has 0 amide bonds. The van der Waals surface area contributed by atoms with Gasteiger partial charge in [-0.3, -0.25) is 0 Å². The Morgan fingerprint density at radius 1 is 0.757 bits per heavy atom. The Labute approximate surface area is 222 Å². The number of benzene rings is 4. The molecular weight excluding hydrogens is 468 g/mol. The lowest BCUT2D eigenvalue weighted by Crippen LogP contribution is -2.30. The number of rotatable bonds is 4.